The van der Waals surface area contributed by atoms with Gasteiger partial charge in [0.05, 0.1) is 12.2 Å². The molecule has 0 bridgehead atoms. The zero-order valence-corrected chi connectivity index (χ0v) is 11.4. The Morgan fingerprint density at radius 1 is 1.37 bits per heavy atom. The van der Waals surface area contributed by atoms with Crippen molar-refractivity contribution in [2.45, 2.75) is 33.8 Å². The van der Waals surface area contributed by atoms with Crippen molar-refractivity contribution in [2.24, 2.45) is 0 Å². The number of ether oxygens (including phenoxy) is 2. The van der Waals surface area contributed by atoms with E-state index in [0.717, 1.165) is 0 Å². The van der Waals surface area contributed by atoms with Gasteiger partial charge in [-0.1, -0.05) is 0 Å². The molecule has 0 aromatic carbocycles. The molecule has 0 unspecified atom stereocenters. The Morgan fingerprint density at radius 3 is 2.53 bits per heavy atom. The topological polar surface area (TPSA) is 92.2 Å². The van der Waals surface area contributed by atoms with Gasteiger partial charge in [-0.3, -0.25) is 0 Å². The smallest absolute Gasteiger partial charge is 0.356 e. The Labute approximate surface area is 111 Å². The number of H-pyrrole nitrogens is 1. The first kappa shape index (κ1) is 14.8. The van der Waals surface area contributed by atoms with Crippen molar-refractivity contribution in [2.75, 3.05) is 6.61 Å². The fourth-order valence-electron chi connectivity index (χ4n) is 1.71. The first-order chi connectivity index (χ1) is 8.92. The second-order valence-electron chi connectivity index (χ2n) is 4.02. The van der Waals surface area contributed by atoms with E-state index in [1.54, 1.807) is 26.8 Å². The number of nitriles is 1. The van der Waals surface area contributed by atoms with Crippen LogP contribution in [0.15, 0.2) is 0 Å². The third-order valence-electron chi connectivity index (χ3n) is 2.59. The number of aromatic amines is 1. The molecule has 1 rings (SSSR count). The number of rotatable bonds is 4. The lowest BCUT2D eigenvalue weighted by molar-refractivity contribution is 0.0428. The Bertz CT molecular complexity index is 540. The van der Waals surface area contributed by atoms with Gasteiger partial charge in [0, 0.05) is 5.69 Å². The van der Waals surface area contributed by atoms with Crippen LogP contribution in [0.1, 0.15) is 46.0 Å². The van der Waals surface area contributed by atoms with E-state index in [4.69, 9.17) is 14.7 Å². The van der Waals surface area contributed by atoms with Crippen molar-refractivity contribution in [3.63, 3.8) is 0 Å². The van der Waals surface area contributed by atoms with E-state index in [-0.39, 0.29) is 12.3 Å². The average Bonchev–Trinajstić information content (AvgIpc) is 2.65. The highest BCUT2D eigenvalue weighted by Gasteiger charge is 2.24. The van der Waals surface area contributed by atoms with Crippen LogP contribution in [0.2, 0.25) is 0 Å². The van der Waals surface area contributed by atoms with Crippen LogP contribution in [-0.4, -0.2) is 29.6 Å². The van der Waals surface area contributed by atoms with Crippen molar-refractivity contribution in [1.82, 2.24) is 4.98 Å². The average molecular weight is 264 g/mol. The standard InChI is InChI=1S/C13H16N2O4/c1-5-18-12(16)10-8(3)11(15-9(10)4)13(17)19-7(2)6-14/h7,15H,5H2,1-4H3/t7-/m0/s1. The van der Waals surface area contributed by atoms with Crippen LogP contribution in [0.25, 0.3) is 0 Å². The number of carbonyl (C=O) groups is 2. The largest absolute Gasteiger partial charge is 0.462 e. The van der Waals surface area contributed by atoms with Crippen LogP contribution in [0.5, 0.6) is 0 Å². The fraction of sp³-hybridized carbons (Fsp3) is 0.462. The molecule has 1 atom stereocenters. The highest BCUT2D eigenvalue weighted by molar-refractivity contribution is 5.98. The van der Waals surface area contributed by atoms with Crippen molar-refractivity contribution < 1.29 is 19.1 Å². The van der Waals surface area contributed by atoms with Crippen LogP contribution in [0.3, 0.4) is 0 Å². The summed E-state index contributed by atoms with van der Waals surface area (Å²) in [5, 5.41) is 8.61. The van der Waals surface area contributed by atoms with Crippen LogP contribution in [-0.2, 0) is 9.47 Å². The maximum absolute atomic E-state index is 11.8. The maximum atomic E-state index is 11.8. The van der Waals surface area contributed by atoms with E-state index in [0.29, 0.717) is 16.8 Å². The third-order valence-corrected chi connectivity index (χ3v) is 2.59. The number of esters is 2. The second-order valence-corrected chi connectivity index (χ2v) is 4.02. The monoisotopic (exact) mass is 264 g/mol. The normalized spacial score (nSPS) is 11.5. The van der Waals surface area contributed by atoms with Gasteiger partial charge in [0.1, 0.15) is 11.8 Å². The molecule has 0 aliphatic rings. The molecule has 0 saturated heterocycles. The molecule has 0 fully saturated rings. The molecule has 6 nitrogen and oxygen atoms in total. The van der Waals surface area contributed by atoms with E-state index in [2.05, 4.69) is 4.98 Å². The summed E-state index contributed by atoms with van der Waals surface area (Å²) in [6, 6.07) is 1.80. The highest BCUT2D eigenvalue weighted by Crippen LogP contribution is 2.20. The predicted octanol–water partition coefficient (Wildman–Crippen LogP) is 1.88. The van der Waals surface area contributed by atoms with E-state index in [1.165, 1.54) is 6.92 Å². The summed E-state index contributed by atoms with van der Waals surface area (Å²) in [5.74, 6) is -1.15. The van der Waals surface area contributed by atoms with Crippen LogP contribution in [0, 0.1) is 25.2 Å². The molecule has 1 N–H and O–H groups in total. The van der Waals surface area contributed by atoms with Gasteiger partial charge >= 0.3 is 11.9 Å². The Morgan fingerprint density at radius 2 is 2.00 bits per heavy atom. The predicted molar refractivity (Wildman–Crippen MR) is 66.7 cm³/mol. The third kappa shape index (κ3) is 3.13. The van der Waals surface area contributed by atoms with E-state index in [1.807, 2.05) is 0 Å². The Kier molecular flexibility index (Phi) is 4.70. The zero-order chi connectivity index (χ0) is 14.6. The number of hydrogen-bond donors (Lipinski definition) is 1. The lowest BCUT2D eigenvalue weighted by atomic mass is 10.1. The van der Waals surface area contributed by atoms with Gasteiger partial charge in [-0.2, -0.15) is 5.26 Å². The molecule has 1 aromatic rings. The van der Waals surface area contributed by atoms with E-state index < -0.39 is 18.0 Å². The lowest BCUT2D eigenvalue weighted by Gasteiger charge is -2.05. The summed E-state index contributed by atoms with van der Waals surface area (Å²) in [6.45, 7) is 6.73. The molecule has 0 radical (unpaired) electrons. The van der Waals surface area contributed by atoms with E-state index in [9.17, 15) is 9.59 Å². The van der Waals surface area contributed by atoms with Gasteiger partial charge in [-0.15, -0.1) is 0 Å². The van der Waals surface area contributed by atoms with Crippen LogP contribution < -0.4 is 0 Å². The van der Waals surface area contributed by atoms with Crippen LogP contribution in [0.4, 0.5) is 0 Å². The lowest BCUT2D eigenvalue weighted by Crippen LogP contribution is -2.14. The minimum atomic E-state index is -0.846. The first-order valence-electron chi connectivity index (χ1n) is 5.89. The van der Waals surface area contributed by atoms with Crippen molar-refractivity contribution >= 4 is 11.9 Å². The Balaban J connectivity index is 3.06. The van der Waals surface area contributed by atoms with Gasteiger partial charge in [0.15, 0.2) is 6.10 Å². The van der Waals surface area contributed by atoms with Crippen molar-refractivity contribution in [3.05, 3.63) is 22.5 Å². The number of carbonyl (C=O) groups excluding carboxylic acids is 2. The summed E-state index contributed by atoms with van der Waals surface area (Å²) >= 11 is 0. The van der Waals surface area contributed by atoms with Gasteiger partial charge in [0.2, 0.25) is 0 Å². The molecule has 0 aliphatic carbocycles. The molecule has 102 valence electrons. The molecule has 6 heteroatoms. The van der Waals surface area contributed by atoms with Crippen LogP contribution >= 0.6 is 0 Å². The number of aryl methyl sites for hydroxylation is 1. The van der Waals surface area contributed by atoms with Crippen molar-refractivity contribution in [1.29, 1.82) is 5.26 Å². The first-order valence-corrected chi connectivity index (χ1v) is 5.89. The summed E-state index contributed by atoms with van der Waals surface area (Å²) in [7, 11) is 0. The SMILES string of the molecule is CCOC(=O)c1c(C)[nH]c(C(=O)O[C@@H](C)C#N)c1C. The second kappa shape index (κ2) is 6.05. The molecular formula is C13H16N2O4. The molecular weight excluding hydrogens is 248 g/mol. The molecule has 1 aromatic heterocycles. The zero-order valence-electron chi connectivity index (χ0n) is 11.4. The molecule has 0 amide bonds. The van der Waals surface area contributed by atoms with Crippen molar-refractivity contribution in [3.8, 4) is 6.07 Å². The molecule has 19 heavy (non-hydrogen) atoms. The van der Waals surface area contributed by atoms with Gasteiger partial charge in [-0.05, 0) is 33.3 Å². The number of aromatic nitrogens is 1. The number of nitrogens with one attached hydrogen (secondary N) is 1. The minimum Gasteiger partial charge on any atom is -0.462 e. The quantitative estimate of drug-likeness (QED) is 0.838. The summed E-state index contributed by atoms with van der Waals surface area (Å²) < 4.78 is 9.81. The number of hydrogen-bond acceptors (Lipinski definition) is 5. The van der Waals surface area contributed by atoms with E-state index >= 15 is 0 Å². The molecule has 0 aliphatic heterocycles. The summed E-state index contributed by atoms with van der Waals surface area (Å²) in [4.78, 5) is 26.4. The number of nitrogens with zero attached hydrogens (tertiary/aromatic N) is 1. The molecule has 0 spiro atoms. The molecule has 0 saturated carbocycles. The fourth-order valence-corrected chi connectivity index (χ4v) is 1.71. The summed E-state index contributed by atoms with van der Waals surface area (Å²) in [5.41, 5.74) is 1.50. The maximum Gasteiger partial charge on any atom is 0.356 e. The Hall–Kier alpha value is -2.29. The highest BCUT2D eigenvalue weighted by atomic mass is 16.5. The van der Waals surface area contributed by atoms with Gasteiger partial charge < -0.3 is 14.5 Å². The minimum absolute atomic E-state index is 0.169. The van der Waals surface area contributed by atoms with Gasteiger partial charge in [0.25, 0.3) is 0 Å². The van der Waals surface area contributed by atoms with Gasteiger partial charge in [-0.25, -0.2) is 9.59 Å². The summed E-state index contributed by atoms with van der Waals surface area (Å²) in [6.07, 6.45) is -0.846. The molecule has 1 heterocycles.